The van der Waals surface area contributed by atoms with E-state index in [0.29, 0.717) is 29.2 Å². The highest BCUT2D eigenvalue weighted by molar-refractivity contribution is 5.98. The number of benzene rings is 3. The van der Waals surface area contributed by atoms with Crippen LogP contribution >= 0.6 is 0 Å². The van der Waals surface area contributed by atoms with E-state index < -0.39 is 17.7 Å². The first-order valence-corrected chi connectivity index (χ1v) is 13.5. The number of anilines is 1. The Balaban J connectivity index is 1.22. The molecular weight excluding hydrogens is 534 g/mol. The molecule has 2 atom stereocenters. The van der Waals surface area contributed by atoms with Crippen molar-refractivity contribution < 1.29 is 24.3 Å². The van der Waals surface area contributed by atoms with Crippen LogP contribution in [0.3, 0.4) is 0 Å². The first kappa shape index (κ1) is 28.3. The van der Waals surface area contributed by atoms with E-state index in [1.54, 1.807) is 54.0 Å². The van der Waals surface area contributed by atoms with E-state index in [2.05, 4.69) is 10.3 Å². The molecule has 1 aliphatic heterocycles. The number of nitrogens with one attached hydrogen (secondary N) is 2. The summed E-state index contributed by atoms with van der Waals surface area (Å²) in [6.45, 7) is 2.51. The molecule has 0 radical (unpaired) electrons. The molecule has 1 aromatic heterocycles. The normalized spacial score (nSPS) is 16.4. The van der Waals surface area contributed by atoms with Gasteiger partial charge in [-0.2, -0.15) is 5.26 Å². The summed E-state index contributed by atoms with van der Waals surface area (Å²) in [5.74, 6) is -2.54. The molecule has 3 aromatic carbocycles. The Morgan fingerprint density at radius 3 is 2.48 bits per heavy atom. The summed E-state index contributed by atoms with van der Waals surface area (Å²) in [7, 11) is 0. The van der Waals surface area contributed by atoms with E-state index in [1.807, 2.05) is 43.3 Å². The number of piperidine rings is 1. The number of amides is 3. The number of hydrogen-bond donors (Lipinski definition) is 3. The van der Waals surface area contributed by atoms with Gasteiger partial charge in [0.05, 0.1) is 29.0 Å². The van der Waals surface area contributed by atoms with Crippen molar-refractivity contribution in [3.63, 3.8) is 0 Å². The molecule has 1 saturated heterocycles. The van der Waals surface area contributed by atoms with Crippen LogP contribution in [0.1, 0.15) is 33.6 Å². The highest BCUT2D eigenvalue weighted by Crippen LogP contribution is 2.28. The average molecular weight is 564 g/mol. The monoisotopic (exact) mass is 563 g/mol. The minimum absolute atomic E-state index is 0.0424. The van der Waals surface area contributed by atoms with Crippen LogP contribution in [-0.4, -0.2) is 45.9 Å². The van der Waals surface area contributed by atoms with E-state index in [1.165, 1.54) is 4.90 Å². The van der Waals surface area contributed by atoms with Crippen molar-refractivity contribution in [2.24, 2.45) is 11.8 Å². The SMILES string of the molecule is Cc1cc(COc2ccc(NC(=O)C3CCN(C(=O)c4ccc(C#N)cc4)C[C@@H]3C(=O)NO)cc2)c2ccccc2n1. The Bertz CT molecular complexity index is 1660. The molecular formula is C32H29N5O5. The molecule has 3 amide bonds. The number of carbonyl (C=O) groups excluding carboxylic acids is 3. The number of aryl methyl sites for hydroxylation is 1. The van der Waals surface area contributed by atoms with Crippen LogP contribution in [0.15, 0.2) is 78.9 Å². The maximum absolute atomic E-state index is 13.2. The lowest BCUT2D eigenvalue weighted by molar-refractivity contribution is -0.141. The molecule has 4 aromatic rings. The predicted octanol–water partition coefficient (Wildman–Crippen LogP) is 4.22. The molecule has 0 saturated carbocycles. The van der Waals surface area contributed by atoms with Gasteiger partial charge in [0.15, 0.2) is 0 Å². The number of aromatic nitrogens is 1. The van der Waals surface area contributed by atoms with Gasteiger partial charge in [0.2, 0.25) is 11.8 Å². The first-order valence-electron chi connectivity index (χ1n) is 13.5. The summed E-state index contributed by atoms with van der Waals surface area (Å²) >= 11 is 0. The third kappa shape index (κ3) is 6.22. The van der Waals surface area contributed by atoms with Crippen LogP contribution in [0, 0.1) is 30.1 Å². The molecule has 0 spiro atoms. The molecule has 1 unspecified atom stereocenters. The molecule has 0 aliphatic carbocycles. The zero-order chi connectivity index (χ0) is 29.6. The summed E-state index contributed by atoms with van der Waals surface area (Å²) < 4.78 is 6.00. The number of nitrogens with zero attached hydrogens (tertiary/aromatic N) is 3. The fourth-order valence-electron chi connectivity index (χ4n) is 5.21. The summed E-state index contributed by atoms with van der Waals surface area (Å²) in [4.78, 5) is 44.8. The van der Waals surface area contributed by atoms with Gasteiger partial charge in [-0.05, 0) is 74.0 Å². The van der Waals surface area contributed by atoms with Crippen molar-refractivity contribution in [3.05, 3.63) is 101 Å². The van der Waals surface area contributed by atoms with E-state index in [9.17, 15) is 19.6 Å². The Morgan fingerprint density at radius 2 is 1.76 bits per heavy atom. The lowest BCUT2D eigenvalue weighted by Crippen LogP contribution is -2.52. The third-order valence-corrected chi connectivity index (χ3v) is 7.39. The molecule has 2 heterocycles. The minimum Gasteiger partial charge on any atom is -0.489 e. The second-order valence-electron chi connectivity index (χ2n) is 10.2. The second-order valence-corrected chi connectivity index (χ2v) is 10.2. The third-order valence-electron chi connectivity index (χ3n) is 7.39. The van der Waals surface area contributed by atoms with E-state index in [0.717, 1.165) is 22.2 Å². The van der Waals surface area contributed by atoms with Crippen molar-refractivity contribution in [2.75, 3.05) is 18.4 Å². The number of hydroxylamine groups is 1. The van der Waals surface area contributed by atoms with Crippen LogP contribution in [0.2, 0.25) is 0 Å². The standard InChI is InChI=1S/C32H29N5O5/c1-20-16-23(26-4-2-3-5-29(26)34-20)19-42-25-12-10-24(11-13-25)35-30(38)27-14-15-37(18-28(27)31(39)36-41)32(40)22-8-6-21(17-33)7-9-22/h2-13,16,27-28,41H,14-15,18-19H2,1H3,(H,35,38)(H,36,39)/t27?,28-/m0/s1. The smallest absolute Gasteiger partial charge is 0.253 e. The van der Waals surface area contributed by atoms with Gasteiger partial charge < -0.3 is 15.0 Å². The fourth-order valence-corrected chi connectivity index (χ4v) is 5.21. The van der Waals surface area contributed by atoms with Gasteiger partial charge in [0, 0.05) is 41.0 Å². The van der Waals surface area contributed by atoms with Gasteiger partial charge in [-0.15, -0.1) is 0 Å². The highest BCUT2D eigenvalue weighted by atomic mass is 16.5. The molecule has 10 heteroatoms. The Morgan fingerprint density at radius 1 is 1.02 bits per heavy atom. The lowest BCUT2D eigenvalue weighted by atomic mass is 9.83. The number of para-hydroxylation sites is 1. The maximum Gasteiger partial charge on any atom is 0.253 e. The summed E-state index contributed by atoms with van der Waals surface area (Å²) in [6, 6.07) is 25.0. The summed E-state index contributed by atoms with van der Waals surface area (Å²) in [5, 5.41) is 22.2. The molecule has 10 nitrogen and oxygen atoms in total. The first-order chi connectivity index (χ1) is 20.4. The molecule has 0 bridgehead atoms. The van der Waals surface area contributed by atoms with Gasteiger partial charge in [-0.1, -0.05) is 18.2 Å². The van der Waals surface area contributed by atoms with Gasteiger partial charge in [0.25, 0.3) is 5.91 Å². The number of fused-ring (bicyclic) bond motifs is 1. The molecule has 42 heavy (non-hydrogen) atoms. The van der Waals surface area contributed by atoms with Crippen molar-refractivity contribution in [1.82, 2.24) is 15.4 Å². The predicted molar refractivity (Wildman–Crippen MR) is 154 cm³/mol. The van der Waals surface area contributed by atoms with Crippen molar-refractivity contribution >= 4 is 34.3 Å². The van der Waals surface area contributed by atoms with Crippen LogP contribution in [-0.2, 0) is 16.2 Å². The molecule has 3 N–H and O–H groups in total. The topological polar surface area (TPSA) is 145 Å². The number of hydrogen-bond acceptors (Lipinski definition) is 7. The number of ether oxygens (including phenoxy) is 1. The fraction of sp³-hybridized carbons (Fsp3) is 0.219. The van der Waals surface area contributed by atoms with Crippen LogP contribution < -0.4 is 15.5 Å². The second kappa shape index (κ2) is 12.5. The molecule has 1 fully saturated rings. The van der Waals surface area contributed by atoms with E-state index in [4.69, 9.17) is 10.00 Å². The largest absolute Gasteiger partial charge is 0.489 e. The highest BCUT2D eigenvalue weighted by Gasteiger charge is 2.40. The van der Waals surface area contributed by atoms with Gasteiger partial charge in [0.1, 0.15) is 12.4 Å². The Kier molecular flexibility index (Phi) is 8.41. The van der Waals surface area contributed by atoms with Crippen molar-refractivity contribution in [3.8, 4) is 11.8 Å². The van der Waals surface area contributed by atoms with Gasteiger partial charge in [-0.3, -0.25) is 24.6 Å². The molecule has 5 rings (SSSR count). The van der Waals surface area contributed by atoms with Crippen LogP contribution in [0.5, 0.6) is 5.75 Å². The number of likely N-dealkylation sites (tertiary alicyclic amines) is 1. The number of rotatable bonds is 7. The quantitative estimate of drug-likeness (QED) is 0.226. The molecule has 212 valence electrons. The van der Waals surface area contributed by atoms with Crippen molar-refractivity contribution in [2.45, 2.75) is 20.0 Å². The summed E-state index contributed by atoms with van der Waals surface area (Å²) in [5.41, 5.74) is 5.79. The summed E-state index contributed by atoms with van der Waals surface area (Å²) in [6.07, 6.45) is 0.229. The Hall–Kier alpha value is -5.27. The number of nitriles is 1. The van der Waals surface area contributed by atoms with E-state index >= 15 is 0 Å². The average Bonchev–Trinajstić information content (AvgIpc) is 3.03. The molecule has 1 aliphatic rings. The number of pyridine rings is 1. The maximum atomic E-state index is 13.2. The lowest BCUT2D eigenvalue weighted by Gasteiger charge is -2.36. The number of carbonyl (C=O) groups is 3. The van der Waals surface area contributed by atoms with Crippen molar-refractivity contribution in [1.29, 1.82) is 5.26 Å². The van der Waals surface area contributed by atoms with Gasteiger partial charge >= 0.3 is 0 Å². The zero-order valence-electron chi connectivity index (χ0n) is 22.9. The van der Waals surface area contributed by atoms with Crippen LogP contribution in [0.4, 0.5) is 5.69 Å². The minimum atomic E-state index is -0.952. The van der Waals surface area contributed by atoms with Crippen LogP contribution in [0.25, 0.3) is 10.9 Å². The van der Waals surface area contributed by atoms with Gasteiger partial charge in [-0.25, -0.2) is 5.48 Å². The Labute approximate surface area is 242 Å². The zero-order valence-corrected chi connectivity index (χ0v) is 22.9. The van der Waals surface area contributed by atoms with E-state index in [-0.39, 0.29) is 31.3 Å².